The zero-order valence-electron chi connectivity index (χ0n) is 12.7. The van der Waals surface area contributed by atoms with E-state index < -0.39 is 0 Å². The highest BCUT2D eigenvalue weighted by Gasteiger charge is 2.33. The summed E-state index contributed by atoms with van der Waals surface area (Å²) in [4.78, 5) is 22.9. The summed E-state index contributed by atoms with van der Waals surface area (Å²) in [6.45, 7) is 4.80. The number of fused-ring (bicyclic) bond motifs is 1. The lowest BCUT2D eigenvalue weighted by Crippen LogP contribution is -2.53. The summed E-state index contributed by atoms with van der Waals surface area (Å²) >= 11 is 0. The number of nitrogens with one attached hydrogen (secondary N) is 2. The maximum absolute atomic E-state index is 11.4. The van der Waals surface area contributed by atoms with Gasteiger partial charge < -0.3 is 10.6 Å². The third kappa shape index (κ3) is 3.32. The van der Waals surface area contributed by atoms with Crippen molar-refractivity contribution in [1.29, 1.82) is 0 Å². The van der Waals surface area contributed by atoms with E-state index in [9.17, 15) is 4.79 Å². The van der Waals surface area contributed by atoms with Crippen LogP contribution in [0.4, 0.5) is 5.82 Å². The zero-order chi connectivity index (χ0) is 14.8. The van der Waals surface area contributed by atoms with Gasteiger partial charge in [0.2, 0.25) is 5.91 Å². The highest BCUT2D eigenvalue weighted by molar-refractivity contribution is 5.77. The Morgan fingerprint density at radius 3 is 3.10 bits per heavy atom. The van der Waals surface area contributed by atoms with Gasteiger partial charge >= 0.3 is 0 Å². The molecule has 6 heteroatoms. The van der Waals surface area contributed by atoms with Gasteiger partial charge in [0, 0.05) is 44.4 Å². The largest absolute Gasteiger partial charge is 0.373 e. The lowest BCUT2D eigenvalue weighted by atomic mass is 9.85. The summed E-state index contributed by atoms with van der Waals surface area (Å²) in [5, 5.41) is 6.20. The maximum atomic E-state index is 11.4. The second-order valence-electron chi connectivity index (χ2n) is 6.06. The van der Waals surface area contributed by atoms with Crippen LogP contribution in [0, 0.1) is 12.8 Å². The Morgan fingerprint density at radius 2 is 2.29 bits per heavy atom. The standard InChI is InChI=1S/C15H23N5O/c1-10-7-13(16-2)19-14(17-10)9-20-6-5-12-11(8-20)3-4-15(21)18-12/h7,11-12H,3-6,8-9H2,1-2H3,(H,18,21)(H,16,17,19). The SMILES string of the molecule is CNc1cc(C)nc(CN2CCC3NC(=O)CCC3C2)n1. The predicted molar refractivity (Wildman–Crippen MR) is 80.9 cm³/mol. The molecule has 1 aromatic heterocycles. The van der Waals surface area contributed by atoms with Gasteiger partial charge in [0.05, 0.1) is 6.54 Å². The quantitative estimate of drug-likeness (QED) is 0.866. The van der Waals surface area contributed by atoms with E-state index in [1.54, 1.807) is 0 Å². The second kappa shape index (κ2) is 5.97. The molecular formula is C15H23N5O. The number of piperidine rings is 2. The molecule has 2 aliphatic rings. The number of hydrogen-bond acceptors (Lipinski definition) is 5. The van der Waals surface area contributed by atoms with Gasteiger partial charge in [-0.15, -0.1) is 0 Å². The molecule has 3 heterocycles. The number of aryl methyl sites for hydroxylation is 1. The Bertz CT molecular complexity index is 533. The molecule has 1 amide bonds. The van der Waals surface area contributed by atoms with E-state index in [1.165, 1.54) is 0 Å². The van der Waals surface area contributed by atoms with Gasteiger partial charge in [-0.05, 0) is 25.7 Å². The van der Waals surface area contributed by atoms with Crippen LogP contribution in [0.25, 0.3) is 0 Å². The number of rotatable bonds is 3. The van der Waals surface area contributed by atoms with Crippen molar-refractivity contribution < 1.29 is 4.79 Å². The molecule has 2 fully saturated rings. The Kier molecular flexibility index (Phi) is 4.05. The molecule has 0 radical (unpaired) electrons. The lowest BCUT2D eigenvalue weighted by molar-refractivity contribution is -0.125. The molecule has 2 saturated heterocycles. The van der Waals surface area contributed by atoms with Crippen LogP contribution in [0.3, 0.4) is 0 Å². The molecule has 2 N–H and O–H groups in total. The molecule has 2 atom stereocenters. The van der Waals surface area contributed by atoms with Crippen molar-refractivity contribution in [1.82, 2.24) is 20.2 Å². The van der Waals surface area contributed by atoms with Crippen LogP contribution in [0.2, 0.25) is 0 Å². The second-order valence-corrected chi connectivity index (χ2v) is 6.06. The fourth-order valence-corrected chi connectivity index (χ4v) is 3.36. The molecule has 114 valence electrons. The van der Waals surface area contributed by atoms with Crippen LogP contribution >= 0.6 is 0 Å². The number of aromatic nitrogens is 2. The van der Waals surface area contributed by atoms with Crippen LogP contribution in [0.15, 0.2) is 6.07 Å². The van der Waals surface area contributed by atoms with Crippen molar-refractivity contribution in [2.45, 2.75) is 38.8 Å². The van der Waals surface area contributed by atoms with Gasteiger partial charge in [-0.1, -0.05) is 0 Å². The van der Waals surface area contributed by atoms with Crippen molar-refractivity contribution in [3.05, 3.63) is 17.6 Å². The van der Waals surface area contributed by atoms with Crippen LogP contribution in [0.5, 0.6) is 0 Å². The summed E-state index contributed by atoms with van der Waals surface area (Å²) in [5.74, 6) is 2.53. The van der Waals surface area contributed by atoms with Crippen molar-refractivity contribution in [3.8, 4) is 0 Å². The average molecular weight is 289 g/mol. The number of amides is 1. The fraction of sp³-hybridized carbons (Fsp3) is 0.667. The molecule has 2 aliphatic heterocycles. The minimum absolute atomic E-state index is 0.213. The van der Waals surface area contributed by atoms with Crippen molar-refractivity contribution in [2.24, 2.45) is 5.92 Å². The van der Waals surface area contributed by atoms with Gasteiger partial charge in [-0.25, -0.2) is 9.97 Å². The van der Waals surface area contributed by atoms with Crippen LogP contribution in [-0.4, -0.2) is 47.0 Å². The Morgan fingerprint density at radius 1 is 1.43 bits per heavy atom. The summed E-state index contributed by atoms with van der Waals surface area (Å²) in [6.07, 6.45) is 2.70. The maximum Gasteiger partial charge on any atom is 0.220 e. The van der Waals surface area contributed by atoms with Gasteiger partial charge in [0.1, 0.15) is 11.6 Å². The molecule has 21 heavy (non-hydrogen) atoms. The van der Waals surface area contributed by atoms with E-state index >= 15 is 0 Å². The lowest BCUT2D eigenvalue weighted by Gasteiger charge is -2.41. The topological polar surface area (TPSA) is 70.2 Å². The number of carbonyl (C=O) groups excluding carboxylic acids is 1. The van der Waals surface area contributed by atoms with Crippen LogP contribution in [0.1, 0.15) is 30.8 Å². The number of nitrogens with zero attached hydrogens (tertiary/aromatic N) is 3. The fourth-order valence-electron chi connectivity index (χ4n) is 3.36. The number of hydrogen-bond donors (Lipinski definition) is 2. The third-order valence-electron chi connectivity index (χ3n) is 4.43. The van der Waals surface area contributed by atoms with Crippen molar-refractivity contribution >= 4 is 11.7 Å². The van der Waals surface area contributed by atoms with E-state index in [4.69, 9.17) is 0 Å². The summed E-state index contributed by atoms with van der Waals surface area (Å²) in [6, 6.07) is 2.32. The monoisotopic (exact) mass is 289 g/mol. The normalized spacial score (nSPS) is 26.1. The average Bonchev–Trinajstić information content (AvgIpc) is 2.47. The Balaban J connectivity index is 1.64. The van der Waals surface area contributed by atoms with E-state index in [0.717, 1.165) is 49.8 Å². The highest BCUT2D eigenvalue weighted by Crippen LogP contribution is 2.26. The Hall–Kier alpha value is -1.69. The zero-order valence-corrected chi connectivity index (χ0v) is 12.7. The van der Waals surface area contributed by atoms with Gasteiger partial charge in [-0.2, -0.15) is 0 Å². The smallest absolute Gasteiger partial charge is 0.220 e. The highest BCUT2D eigenvalue weighted by atomic mass is 16.1. The Labute approximate surface area is 125 Å². The molecule has 0 saturated carbocycles. The number of carbonyl (C=O) groups is 1. The van der Waals surface area contributed by atoms with E-state index in [1.807, 2.05) is 20.0 Å². The summed E-state index contributed by atoms with van der Waals surface area (Å²) < 4.78 is 0. The summed E-state index contributed by atoms with van der Waals surface area (Å²) in [7, 11) is 1.88. The van der Waals surface area contributed by atoms with Crippen LogP contribution in [-0.2, 0) is 11.3 Å². The molecule has 2 unspecified atom stereocenters. The molecule has 3 rings (SSSR count). The molecule has 0 bridgehead atoms. The van der Waals surface area contributed by atoms with E-state index in [-0.39, 0.29) is 5.91 Å². The van der Waals surface area contributed by atoms with Gasteiger partial charge in [0.25, 0.3) is 0 Å². The minimum Gasteiger partial charge on any atom is -0.373 e. The molecular weight excluding hydrogens is 266 g/mol. The first-order valence-electron chi connectivity index (χ1n) is 7.68. The van der Waals surface area contributed by atoms with Crippen molar-refractivity contribution in [2.75, 3.05) is 25.5 Å². The first-order chi connectivity index (χ1) is 10.1. The third-order valence-corrected chi connectivity index (χ3v) is 4.43. The minimum atomic E-state index is 0.213. The first-order valence-corrected chi connectivity index (χ1v) is 7.68. The predicted octanol–water partition coefficient (Wildman–Crippen LogP) is 0.927. The number of anilines is 1. The van der Waals surface area contributed by atoms with Gasteiger partial charge in [-0.3, -0.25) is 9.69 Å². The molecule has 0 aliphatic carbocycles. The van der Waals surface area contributed by atoms with Gasteiger partial charge in [0.15, 0.2) is 0 Å². The van der Waals surface area contributed by atoms with Crippen molar-refractivity contribution in [3.63, 3.8) is 0 Å². The molecule has 6 nitrogen and oxygen atoms in total. The molecule has 0 aromatic carbocycles. The van der Waals surface area contributed by atoms with E-state index in [2.05, 4.69) is 25.5 Å². The molecule has 1 aromatic rings. The number of likely N-dealkylation sites (tertiary alicyclic amines) is 1. The first kappa shape index (κ1) is 14.3. The van der Waals surface area contributed by atoms with E-state index in [0.29, 0.717) is 18.4 Å². The van der Waals surface area contributed by atoms with Crippen LogP contribution < -0.4 is 10.6 Å². The summed E-state index contributed by atoms with van der Waals surface area (Å²) in [5.41, 5.74) is 0.990. The molecule has 0 spiro atoms.